The van der Waals surface area contributed by atoms with Gasteiger partial charge in [0, 0.05) is 31.7 Å². The van der Waals surface area contributed by atoms with Crippen LogP contribution in [0.4, 0.5) is 11.4 Å². The monoisotopic (exact) mass is 238 g/mol. The van der Waals surface area contributed by atoms with Crippen LogP contribution in [0.1, 0.15) is 11.1 Å². The zero-order chi connectivity index (χ0) is 13.0. The zero-order valence-electron chi connectivity index (χ0n) is 10.2. The molecule has 4 nitrogen and oxygen atoms in total. The fourth-order valence-corrected chi connectivity index (χ4v) is 1.75. The molecule has 0 aliphatic rings. The van der Waals surface area contributed by atoms with Gasteiger partial charge in [-0.2, -0.15) is 5.26 Å². The van der Waals surface area contributed by atoms with Crippen LogP contribution in [0.3, 0.4) is 0 Å². The van der Waals surface area contributed by atoms with Gasteiger partial charge in [0.2, 0.25) is 0 Å². The lowest BCUT2D eigenvalue weighted by Gasteiger charge is -2.19. The highest BCUT2D eigenvalue weighted by Gasteiger charge is 2.05. The Morgan fingerprint density at radius 2 is 2.22 bits per heavy atom. The maximum atomic E-state index is 8.83. The van der Waals surface area contributed by atoms with Crippen molar-refractivity contribution in [2.75, 3.05) is 17.7 Å². The first-order valence-electron chi connectivity index (χ1n) is 5.60. The number of rotatable bonds is 3. The highest BCUT2D eigenvalue weighted by atomic mass is 15.1. The average Bonchev–Trinajstić information content (AvgIpc) is 2.39. The van der Waals surface area contributed by atoms with Gasteiger partial charge >= 0.3 is 0 Å². The Morgan fingerprint density at radius 1 is 1.39 bits per heavy atom. The van der Waals surface area contributed by atoms with E-state index >= 15 is 0 Å². The van der Waals surface area contributed by atoms with Gasteiger partial charge in [-0.3, -0.25) is 4.98 Å². The summed E-state index contributed by atoms with van der Waals surface area (Å²) in [6.07, 6.45) is 3.59. The number of hydrogen-bond donors (Lipinski definition) is 1. The van der Waals surface area contributed by atoms with Crippen LogP contribution in [-0.2, 0) is 6.54 Å². The maximum Gasteiger partial charge on any atom is 0.101 e. The van der Waals surface area contributed by atoms with E-state index in [4.69, 9.17) is 11.0 Å². The Morgan fingerprint density at radius 3 is 2.83 bits per heavy atom. The van der Waals surface area contributed by atoms with Crippen molar-refractivity contribution in [2.45, 2.75) is 6.54 Å². The van der Waals surface area contributed by atoms with E-state index in [1.54, 1.807) is 12.3 Å². The molecule has 18 heavy (non-hydrogen) atoms. The standard InChI is InChI=1S/C14H14N4/c1-18(10-11-3-2-6-17-9-11)13-5-4-12(8-15)14(16)7-13/h2-7,9H,10,16H2,1H3. The lowest BCUT2D eigenvalue weighted by molar-refractivity contribution is 0.915. The minimum atomic E-state index is 0.507. The summed E-state index contributed by atoms with van der Waals surface area (Å²) in [5.74, 6) is 0. The van der Waals surface area contributed by atoms with E-state index in [9.17, 15) is 0 Å². The molecule has 0 saturated heterocycles. The number of nitrogen functional groups attached to an aromatic ring is 1. The molecule has 0 aliphatic heterocycles. The van der Waals surface area contributed by atoms with Crippen LogP contribution in [0, 0.1) is 11.3 Å². The van der Waals surface area contributed by atoms with Crippen molar-refractivity contribution in [3.8, 4) is 6.07 Å². The first kappa shape index (κ1) is 11.9. The molecule has 1 aromatic heterocycles. The molecule has 0 spiro atoms. The molecule has 0 atom stereocenters. The van der Waals surface area contributed by atoms with Crippen LogP contribution in [0.15, 0.2) is 42.7 Å². The number of benzene rings is 1. The van der Waals surface area contributed by atoms with Gasteiger partial charge in [0.05, 0.1) is 11.3 Å². The highest BCUT2D eigenvalue weighted by Crippen LogP contribution is 2.21. The quantitative estimate of drug-likeness (QED) is 0.832. The SMILES string of the molecule is CN(Cc1cccnc1)c1ccc(C#N)c(N)c1. The van der Waals surface area contributed by atoms with Gasteiger partial charge in [-0.25, -0.2) is 0 Å². The molecule has 0 unspecified atom stereocenters. The van der Waals surface area contributed by atoms with E-state index in [0.29, 0.717) is 11.3 Å². The van der Waals surface area contributed by atoms with Crippen molar-refractivity contribution in [1.82, 2.24) is 4.98 Å². The van der Waals surface area contributed by atoms with E-state index in [-0.39, 0.29) is 0 Å². The van der Waals surface area contributed by atoms with Crippen molar-refractivity contribution in [1.29, 1.82) is 5.26 Å². The van der Waals surface area contributed by atoms with Crippen molar-refractivity contribution in [3.05, 3.63) is 53.9 Å². The van der Waals surface area contributed by atoms with Crippen LogP contribution in [-0.4, -0.2) is 12.0 Å². The molecule has 0 radical (unpaired) electrons. The fourth-order valence-electron chi connectivity index (χ4n) is 1.75. The summed E-state index contributed by atoms with van der Waals surface area (Å²) >= 11 is 0. The molecule has 0 saturated carbocycles. The van der Waals surface area contributed by atoms with Gasteiger partial charge < -0.3 is 10.6 Å². The first-order valence-corrected chi connectivity index (χ1v) is 5.60. The van der Waals surface area contributed by atoms with Crippen LogP contribution in [0.2, 0.25) is 0 Å². The van der Waals surface area contributed by atoms with E-state index in [0.717, 1.165) is 17.8 Å². The van der Waals surface area contributed by atoms with Gasteiger partial charge in [0.15, 0.2) is 0 Å². The van der Waals surface area contributed by atoms with Gasteiger partial charge in [-0.05, 0) is 29.8 Å². The van der Waals surface area contributed by atoms with Crippen molar-refractivity contribution in [3.63, 3.8) is 0 Å². The smallest absolute Gasteiger partial charge is 0.101 e. The number of pyridine rings is 1. The third-order valence-electron chi connectivity index (χ3n) is 2.74. The van der Waals surface area contributed by atoms with E-state index in [1.807, 2.05) is 37.5 Å². The largest absolute Gasteiger partial charge is 0.398 e. The van der Waals surface area contributed by atoms with Crippen molar-refractivity contribution >= 4 is 11.4 Å². The van der Waals surface area contributed by atoms with Gasteiger partial charge in [-0.1, -0.05) is 6.07 Å². The third kappa shape index (κ3) is 2.58. The minimum Gasteiger partial charge on any atom is -0.398 e. The van der Waals surface area contributed by atoms with Crippen molar-refractivity contribution in [2.24, 2.45) is 0 Å². The Kier molecular flexibility index (Phi) is 3.44. The molecule has 1 heterocycles. The number of anilines is 2. The highest BCUT2D eigenvalue weighted by molar-refractivity contribution is 5.63. The molecule has 2 N–H and O–H groups in total. The van der Waals surface area contributed by atoms with Crippen molar-refractivity contribution < 1.29 is 0 Å². The predicted octanol–water partition coefficient (Wildman–Crippen LogP) is 2.17. The molecule has 1 aromatic carbocycles. The Hall–Kier alpha value is -2.54. The molecule has 2 rings (SSSR count). The van der Waals surface area contributed by atoms with Gasteiger partial charge in [0.25, 0.3) is 0 Å². The summed E-state index contributed by atoms with van der Waals surface area (Å²) in [4.78, 5) is 6.15. The van der Waals surface area contributed by atoms with Gasteiger partial charge in [0.1, 0.15) is 6.07 Å². The second-order valence-electron chi connectivity index (χ2n) is 4.10. The second-order valence-corrected chi connectivity index (χ2v) is 4.10. The summed E-state index contributed by atoms with van der Waals surface area (Å²) < 4.78 is 0. The summed E-state index contributed by atoms with van der Waals surface area (Å²) in [5.41, 5.74) is 8.93. The second kappa shape index (κ2) is 5.19. The Bertz CT molecular complexity index is 572. The topological polar surface area (TPSA) is 65.9 Å². The summed E-state index contributed by atoms with van der Waals surface area (Å²) in [5, 5.41) is 8.83. The van der Waals surface area contributed by atoms with Crippen LogP contribution in [0.5, 0.6) is 0 Å². The van der Waals surface area contributed by atoms with Gasteiger partial charge in [-0.15, -0.1) is 0 Å². The summed E-state index contributed by atoms with van der Waals surface area (Å²) in [7, 11) is 1.98. The molecular formula is C14H14N4. The Balaban J connectivity index is 2.17. The van der Waals surface area contributed by atoms with Crippen LogP contribution >= 0.6 is 0 Å². The lowest BCUT2D eigenvalue weighted by atomic mass is 10.1. The van der Waals surface area contributed by atoms with Crippen LogP contribution < -0.4 is 10.6 Å². The van der Waals surface area contributed by atoms with E-state index in [1.165, 1.54) is 0 Å². The van der Waals surface area contributed by atoms with E-state index in [2.05, 4.69) is 16.0 Å². The number of aromatic nitrogens is 1. The molecule has 4 heteroatoms. The molecule has 0 bridgehead atoms. The normalized spacial score (nSPS) is 9.78. The number of nitriles is 1. The molecule has 0 amide bonds. The molecule has 0 fully saturated rings. The predicted molar refractivity (Wildman–Crippen MR) is 71.9 cm³/mol. The minimum absolute atomic E-state index is 0.507. The number of nitrogens with zero attached hydrogens (tertiary/aromatic N) is 3. The van der Waals surface area contributed by atoms with Crippen LogP contribution in [0.25, 0.3) is 0 Å². The molecule has 90 valence electrons. The number of hydrogen-bond acceptors (Lipinski definition) is 4. The number of nitrogens with two attached hydrogens (primary N) is 1. The zero-order valence-corrected chi connectivity index (χ0v) is 10.2. The first-order chi connectivity index (χ1) is 8.70. The molecular weight excluding hydrogens is 224 g/mol. The molecule has 2 aromatic rings. The third-order valence-corrected chi connectivity index (χ3v) is 2.74. The average molecular weight is 238 g/mol. The fraction of sp³-hybridized carbons (Fsp3) is 0.143. The summed E-state index contributed by atoms with van der Waals surface area (Å²) in [6, 6.07) is 11.4. The summed E-state index contributed by atoms with van der Waals surface area (Å²) in [6.45, 7) is 0.749. The van der Waals surface area contributed by atoms with E-state index < -0.39 is 0 Å². The lowest BCUT2D eigenvalue weighted by Crippen LogP contribution is -2.16. The molecule has 0 aliphatic carbocycles. The Labute approximate surface area is 106 Å². The maximum absolute atomic E-state index is 8.83.